The molecule has 4 aliphatic carbocycles. The zero-order valence-corrected chi connectivity index (χ0v) is 23.0. The molecule has 13 nitrogen and oxygen atoms in total. The van der Waals surface area contributed by atoms with Crippen LogP contribution in [0, 0.1) is 24.7 Å². The number of hydrogen-bond donors (Lipinski definition) is 1. The van der Waals surface area contributed by atoms with Crippen LogP contribution in [0.2, 0.25) is 0 Å². The number of azide groups is 1. The Morgan fingerprint density at radius 3 is 2.40 bits per heavy atom. The first-order chi connectivity index (χ1) is 20.1. The zero-order chi connectivity index (χ0) is 29.3. The van der Waals surface area contributed by atoms with E-state index in [1.54, 1.807) is 0 Å². The highest BCUT2D eigenvalue weighted by Crippen LogP contribution is 2.57. The number of esters is 1. The van der Waals surface area contributed by atoms with E-state index in [0.717, 1.165) is 24.2 Å². The number of nitrogens with one attached hydrogen (secondary N) is 1. The Kier molecular flexibility index (Phi) is 6.14. The Hall–Kier alpha value is -4.22. The SMILES string of the molecule is Cc1cn([C@H]2C[C@H](N=[N+]=[N-])[C@@H](CN3C(=O)c4ccc(C(=O)OC56CC7CC(CC(C7)C5)C6)cc4C3=O)O2)c(=O)[nH]c1=O. The van der Waals surface area contributed by atoms with Crippen LogP contribution >= 0.6 is 0 Å². The quantitative estimate of drug-likeness (QED) is 0.181. The third-order valence-electron chi connectivity index (χ3n) is 9.72. The predicted molar refractivity (Wildman–Crippen MR) is 146 cm³/mol. The van der Waals surface area contributed by atoms with Crippen LogP contribution in [0.5, 0.6) is 0 Å². The first-order valence-corrected chi connectivity index (χ1v) is 14.4. The van der Waals surface area contributed by atoms with Crippen molar-refractivity contribution in [1.82, 2.24) is 14.5 Å². The van der Waals surface area contributed by atoms with Gasteiger partial charge in [0.2, 0.25) is 0 Å². The Morgan fingerprint density at radius 2 is 1.74 bits per heavy atom. The molecule has 3 atom stereocenters. The molecule has 1 aromatic carbocycles. The first kappa shape index (κ1) is 26.7. The third-order valence-corrected chi connectivity index (χ3v) is 9.72. The minimum Gasteiger partial charge on any atom is -0.455 e. The normalized spacial score (nSPS) is 32.6. The van der Waals surface area contributed by atoms with Gasteiger partial charge in [0.15, 0.2) is 0 Å². The lowest BCUT2D eigenvalue weighted by Crippen LogP contribution is -2.52. The van der Waals surface area contributed by atoms with Gasteiger partial charge in [0.05, 0.1) is 35.4 Å². The third kappa shape index (κ3) is 4.35. The monoisotopic (exact) mass is 574 g/mol. The average molecular weight is 575 g/mol. The topological polar surface area (TPSA) is 177 Å². The van der Waals surface area contributed by atoms with Gasteiger partial charge in [0.25, 0.3) is 17.4 Å². The Labute approximate surface area is 239 Å². The maximum Gasteiger partial charge on any atom is 0.338 e. The molecule has 5 fully saturated rings. The van der Waals surface area contributed by atoms with Crippen molar-refractivity contribution in [3.63, 3.8) is 0 Å². The van der Waals surface area contributed by atoms with Crippen LogP contribution in [0.25, 0.3) is 10.4 Å². The number of hydrogen-bond acceptors (Lipinski definition) is 8. The van der Waals surface area contributed by atoms with E-state index in [1.165, 1.54) is 55.1 Å². The molecule has 6 aliphatic rings. The number of carbonyl (C=O) groups excluding carboxylic acids is 3. The molecule has 2 aliphatic heterocycles. The first-order valence-electron chi connectivity index (χ1n) is 14.4. The lowest BCUT2D eigenvalue weighted by Gasteiger charge is -2.55. The summed E-state index contributed by atoms with van der Waals surface area (Å²) in [6, 6.07) is 3.63. The summed E-state index contributed by atoms with van der Waals surface area (Å²) in [6.07, 6.45) is 6.00. The summed E-state index contributed by atoms with van der Waals surface area (Å²) in [7, 11) is 0. The molecule has 13 heteroatoms. The minimum atomic E-state index is -0.896. The molecule has 218 valence electrons. The number of aromatic amines is 1. The Morgan fingerprint density at radius 1 is 1.07 bits per heavy atom. The number of rotatable bonds is 6. The van der Waals surface area contributed by atoms with Crippen molar-refractivity contribution in [3.8, 4) is 0 Å². The number of fused-ring (bicyclic) bond motifs is 1. The van der Waals surface area contributed by atoms with Gasteiger partial charge in [0.1, 0.15) is 11.8 Å². The average Bonchev–Trinajstić information content (AvgIpc) is 3.43. The molecule has 1 saturated heterocycles. The lowest BCUT2D eigenvalue weighted by atomic mass is 9.54. The number of aryl methyl sites for hydroxylation is 1. The minimum absolute atomic E-state index is 0.0994. The van der Waals surface area contributed by atoms with E-state index in [4.69, 9.17) is 15.0 Å². The molecular formula is C29H30N6O7. The summed E-state index contributed by atoms with van der Waals surface area (Å²) in [5.74, 6) is 0.189. The van der Waals surface area contributed by atoms with Crippen LogP contribution in [0.1, 0.15) is 87.8 Å². The van der Waals surface area contributed by atoms with Crippen LogP contribution in [-0.4, -0.2) is 56.5 Å². The van der Waals surface area contributed by atoms with Crippen LogP contribution in [0.4, 0.5) is 0 Å². The highest BCUT2D eigenvalue weighted by atomic mass is 16.6. The van der Waals surface area contributed by atoms with Gasteiger partial charge in [-0.1, -0.05) is 5.11 Å². The van der Waals surface area contributed by atoms with E-state index in [1.807, 2.05) is 0 Å². The van der Waals surface area contributed by atoms with Gasteiger partial charge in [0, 0.05) is 23.1 Å². The van der Waals surface area contributed by atoms with Crippen molar-refractivity contribution >= 4 is 17.8 Å². The fraction of sp³-hybridized carbons (Fsp3) is 0.552. The molecule has 0 radical (unpaired) electrons. The van der Waals surface area contributed by atoms with Gasteiger partial charge in [-0.25, -0.2) is 9.59 Å². The summed E-state index contributed by atoms with van der Waals surface area (Å²) < 4.78 is 13.3. The summed E-state index contributed by atoms with van der Waals surface area (Å²) in [6.45, 7) is 1.31. The highest BCUT2D eigenvalue weighted by molar-refractivity contribution is 6.22. The van der Waals surface area contributed by atoms with Crippen molar-refractivity contribution in [3.05, 3.63) is 77.9 Å². The van der Waals surface area contributed by atoms with Crippen molar-refractivity contribution in [2.24, 2.45) is 22.9 Å². The molecule has 2 aromatic rings. The number of carbonyl (C=O) groups is 3. The van der Waals surface area contributed by atoms with Crippen molar-refractivity contribution in [2.45, 2.75) is 75.8 Å². The molecule has 4 bridgehead atoms. The number of aromatic nitrogens is 2. The molecule has 0 spiro atoms. The van der Waals surface area contributed by atoms with Crippen molar-refractivity contribution in [1.29, 1.82) is 0 Å². The number of imide groups is 1. The standard InChI is InChI=1S/C29H30N6O7/c1-14-12-34(28(40)31-24(14)36)23-8-21(32-33-30)22(41-23)13-35-25(37)19-3-2-18(7-20(19)26(35)38)27(39)42-29-9-15-4-16(10-29)6-17(5-15)11-29/h2-3,7,12,15-17,21-23H,4-6,8-11,13H2,1H3,(H,31,36,40)/t15?,16?,17?,21-,22+,23+,29?/m0/s1. The van der Waals surface area contributed by atoms with Gasteiger partial charge in [-0.05, 0) is 86.9 Å². The predicted octanol–water partition coefficient (Wildman–Crippen LogP) is 3.23. The van der Waals surface area contributed by atoms with Gasteiger partial charge >= 0.3 is 11.7 Å². The van der Waals surface area contributed by atoms with Gasteiger partial charge < -0.3 is 9.47 Å². The molecule has 2 amide bonds. The van der Waals surface area contributed by atoms with E-state index in [9.17, 15) is 24.0 Å². The van der Waals surface area contributed by atoms with E-state index in [-0.39, 0.29) is 29.7 Å². The number of nitrogens with zero attached hydrogens (tertiary/aromatic N) is 5. The zero-order valence-electron chi connectivity index (χ0n) is 23.0. The van der Waals surface area contributed by atoms with E-state index < -0.39 is 53.0 Å². The fourth-order valence-electron chi connectivity index (χ4n) is 8.21. The van der Waals surface area contributed by atoms with Crippen LogP contribution in [0.3, 0.4) is 0 Å². The second-order valence-corrected chi connectivity index (χ2v) is 12.6. The van der Waals surface area contributed by atoms with Crippen molar-refractivity contribution < 1.29 is 23.9 Å². The summed E-state index contributed by atoms with van der Waals surface area (Å²) in [4.78, 5) is 70.3. The maximum absolute atomic E-state index is 13.4. The van der Waals surface area contributed by atoms with E-state index in [2.05, 4.69) is 15.0 Å². The summed E-state index contributed by atoms with van der Waals surface area (Å²) in [5.41, 5.74) is 8.24. The fourth-order valence-corrected chi connectivity index (χ4v) is 8.21. The summed E-state index contributed by atoms with van der Waals surface area (Å²) >= 11 is 0. The smallest absolute Gasteiger partial charge is 0.338 e. The highest BCUT2D eigenvalue weighted by Gasteiger charge is 2.53. The summed E-state index contributed by atoms with van der Waals surface area (Å²) in [5, 5.41) is 3.78. The number of ether oxygens (including phenoxy) is 2. The molecule has 1 aromatic heterocycles. The second-order valence-electron chi connectivity index (χ2n) is 12.6. The maximum atomic E-state index is 13.4. The largest absolute Gasteiger partial charge is 0.455 e. The van der Waals surface area contributed by atoms with Crippen LogP contribution in [0.15, 0.2) is 39.1 Å². The molecular weight excluding hydrogens is 544 g/mol. The molecule has 0 unspecified atom stereocenters. The Bertz CT molecular complexity index is 1650. The van der Waals surface area contributed by atoms with Crippen LogP contribution < -0.4 is 11.2 Å². The van der Waals surface area contributed by atoms with Crippen LogP contribution in [-0.2, 0) is 9.47 Å². The molecule has 3 heterocycles. The Balaban J connectivity index is 1.09. The number of amides is 2. The van der Waals surface area contributed by atoms with E-state index in [0.29, 0.717) is 23.3 Å². The molecule has 4 saturated carbocycles. The molecule has 1 N–H and O–H groups in total. The molecule has 42 heavy (non-hydrogen) atoms. The van der Waals surface area contributed by atoms with Gasteiger partial charge in [-0.15, -0.1) is 0 Å². The van der Waals surface area contributed by atoms with Gasteiger partial charge in [-0.3, -0.25) is 28.8 Å². The molecule has 8 rings (SSSR count). The second kappa shape index (κ2) is 9.67. The van der Waals surface area contributed by atoms with Crippen molar-refractivity contribution in [2.75, 3.05) is 6.54 Å². The van der Waals surface area contributed by atoms with E-state index >= 15 is 0 Å². The van der Waals surface area contributed by atoms with Gasteiger partial charge in [-0.2, -0.15) is 0 Å². The number of benzene rings is 1. The lowest BCUT2D eigenvalue weighted by molar-refractivity contribution is -0.131. The number of H-pyrrole nitrogens is 1.